The number of hydrogen-bond acceptors (Lipinski definition) is 5. The van der Waals surface area contributed by atoms with Gasteiger partial charge in [-0.25, -0.2) is 0 Å². The van der Waals surface area contributed by atoms with Crippen molar-refractivity contribution >= 4 is 21.4 Å². The lowest BCUT2D eigenvalue weighted by atomic mass is 9.94. The van der Waals surface area contributed by atoms with Gasteiger partial charge in [-0.05, 0) is 73.7 Å². The van der Waals surface area contributed by atoms with E-state index in [2.05, 4.69) is 59.8 Å². The van der Waals surface area contributed by atoms with Crippen LogP contribution in [0.5, 0.6) is 0 Å². The van der Waals surface area contributed by atoms with E-state index in [1.807, 2.05) is 24.3 Å². The molecule has 0 unspecified atom stereocenters. The van der Waals surface area contributed by atoms with Gasteiger partial charge in [0.25, 0.3) is 0 Å². The second-order valence-corrected chi connectivity index (χ2v) is 10.1. The Kier molecular flexibility index (Phi) is 6.74. The van der Waals surface area contributed by atoms with Crippen LogP contribution in [0.3, 0.4) is 0 Å². The van der Waals surface area contributed by atoms with E-state index < -0.39 is 6.10 Å². The van der Waals surface area contributed by atoms with Gasteiger partial charge in [0, 0.05) is 29.4 Å². The first-order chi connectivity index (χ1) is 15.0. The van der Waals surface area contributed by atoms with Crippen molar-refractivity contribution in [2.45, 2.75) is 57.3 Å². The van der Waals surface area contributed by atoms with Crippen LogP contribution in [0.15, 0.2) is 53.9 Å². The molecule has 2 aromatic carbocycles. The van der Waals surface area contributed by atoms with Gasteiger partial charge < -0.3 is 10.4 Å². The number of fused-ring (bicyclic) bond motifs is 1. The van der Waals surface area contributed by atoms with Crippen molar-refractivity contribution in [3.05, 3.63) is 70.6 Å². The minimum atomic E-state index is -0.435. The summed E-state index contributed by atoms with van der Waals surface area (Å²) in [7, 11) is 0. The van der Waals surface area contributed by atoms with Gasteiger partial charge in [-0.15, -0.1) is 11.3 Å². The van der Waals surface area contributed by atoms with Crippen LogP contribution in [0.1, 0.15) is 43.4 Å². The third-order valence-electron chi connectivity index (χ3n) is 6.35. The predicted octanol–water partition coefficient (Wildman–Crippen LogP) is 4.71. The van der Waals surface area contributed by atoms with Crippen molar-refractivity contribution in [1.29, 1.82) is 5.26 Å². The minimum Gasteiger partial charge on any atom is -0.390 e. The molecule has 1 saturated heterocycles. The predicted molar refractivity (Wildman–Crippen MR) is 128 cm³/mol. The summed E-state index contributed by atoms with van der Waals surface area (Å²) in [5.74, 6) is 0. The van der Waals surface area contributed by atoms with Crippen LogP contribution in [0, 0.1) is 11.3 Å². The van der Waals surface area contributed by atoms with Crippen LogP contribution in [-0.4, -0.2) is 40.8 Å². The third-order valence-corrected chi connectivity index (χ3v) is 7.37. The molecular formula is C26H31N3OS. The maximum atomic E-state index is 11.0. The van der Waals surface area contributed by atoms with E-state index in [0.717, 1.165) is 43.5 Å². The van der Waals surface area contributed by atoms with E-state index >= 15 is 0 Å². The lowest BCUT2D eigenvalue weighted by molar-refractivity contribution is 0.0633. The number of likely N-dealkylation sites (tertiary alicyclic amines) is 1. The van der Waals surface area contributed by atoms with Crippen molar-refractivity contribution in [2.24, 2.45) is 0 Å². The molecule has 162 valence electrons. The van der Waals surface area contributed by atoms with E-state index in [1.165, 1.54) is 15.6 Å². The number of aliphatic hydroxyl groups is 1. The molecule has 1 aliphatic heterocycles. The first-order valence-electron chi connectivity index (χ1n) is 11.1. The van der Waals surface area contributed by atoms with Gasteiger partial charge in [-0.2, -0.15) is 5.26 Å². The number of hydrogen-bond donors (Lipinski definition) is 2. The van der Waals surface area contributed by atoms with Crippen LogP contribution in [0.25, 0.3) is 10.1 Å². The van der Waals surface area contributed by atoms with Crippen molar-refractivity contribution in [1.82, 2.24) is 10.2 Å². The molecule has 0 bridgehead atoms. The van der Waals surface area contributed by atoms with Crippen molar-refractivity contribution < 1.29 is 5.11 Å². The fourth-order valence-electron chi connectivity index (χ4n) is 4.70. The summed E-state index contributed by atoms with van der Waals surface area (Å²) >= 11 is 1.80. The molecule has 2 heterocycles. The van der Waals surface area contributed by atoms with E-state index in [0.29, 0.717) is 6.54 Å². The van der Waals surface area contributed by atoms with Gasteiger partial charge in [0.1, 0.15) is 0 Å². The molecule has 2 N–H and O–H groups in total. The topological polar surface area (TPSA) is 59.3 Å². The second kappa shape index (κ2) is 9.50. The Morgan fingerprint density at radius 3 is 2.81 bits per heavy atom. The number of β-amino-alcohol motifs (C(OH)–C–C–N with tert-alkyl or cyclic N) is 1. The number of nitrogens with zero attached hydrogens (tertiary/aromatic N) is 2. The maximum Gasteiger partial charge on any atom is 0.0995 e. The first kappa shape index (κ1) is 22.0. The zero-order valence-corrected chi connectivity index (χ0v) is 19.2. The summed E-state index contributed by atoms with van der Waals surface area (Å²) in [6, 6.07) is 18.7. The highest BCUT2D eigenvalue weighted by molar-refractivity contribution is 7.17. The standard InChI is InChI=1S/C26H31N3OS/c1-26(2,14-21-18-31-25-12-6-5-10-22(21)25)28-16-24(30)23-11-7-13-29(23)17-20-9-4-3-8-19(20)15-27/h3-6,8-10,12,18,23-24,28,30H,7,11,13-14,16-17H2,1-2H3/t23-,24-/m1/s1. The first-order valence-corrected chi connectivity index (χ1v) is 11.9. The molecule has 31 heavy (non-hydrogen) atoms. The summed E-state index contributed by atoms with van der Waals surface area (Å²) in [6.45, 7) is 6.67. The molecule has 0 amide bonds. The van der Waals surface area contributed by atoms with Crippen LogP contribution >= 0.6 is 11.3 Å². The summed E-state index contributed by atoms with van der Waals surface area (Å²) in [6.07, 6.45) is 2.57. The summed E-state index contributed by atoms with van der Waals surface area (Å²) in [4.78, 5) is 2.34. The zero-order chi connectivity index (χ0) is 21.8. The number of rotatable bonds is 8. The molecule has 3 aromatic rings. The van der Waals surface area contributed by atoms with Gasteiger partial charge >= 0.3 is 0 Å². The van der Waals surface area contributed by atoms with Crippen LogP contribution in [0.4, 0.5) is 0 Å². The number of nitriles is 1. The van der Waals surface area contributed by atoms with Crippen LogP contribution in [-0.2, 0) is 13.0 Å². The monoisotopic (exact) mass is 433 g/mol. The minimum absolute atomic E-state index is 0.109. The number of benzene rings is 2. The summed E-state index contributed by atoms with van der Waals surface area (Å²) in [5, 5.41) is 27.6. The Morgan fingerprint density at radius 2 is 1.97 bits per heavy atom. The molecular weight excluding hydrogens is 402 g/mol. The smallest absolute Gasteiger partial charge is 0.0995 e. The molecule has 0 spiro atoms. The quantitative estimate of drug-likeness (QED) is 0.540. The van der Waals surface area contributed by atoms with Gasteiger partial charge in [0.05, 0.1) is 17.7 Å². The molecule has 5 heteroatoms. The Labute approximate surface area is 189 Å². The highest BCUT2D eigenvalue weighted by atomic mass is 32.1. The molecule has 2 atom stereocenters. The van der Waals surface area contributed by atoms with Gasteiger partial charge in [-0.3, -0.25) is 4.90 Å². The second-order valence-electron chi connectivity index (χ2n) is 9.22. The van der Waals surface area contributed by atoms with Gasteiger partial charge in [0.2, 0.25) is 0 Å². The highest BCUT2D eigenvalue weighted by Crippen LogP contribution is 2.29. The van der Waals surface area contributed by atoms with Crippen molar-refractivity contribution in [2.75, 3.05) is 13.1 Å². The largest absolute Gasteiger partial charge is 0.390 e. The highest BCUT2D eigenvalue weighted by Gasteiger charge is 2.32. The lowest BCUT2D eigenvalue weighted by Crippen LogP contribution is -2.50. The fraction of sp³-hybridized carbons (Fsp3) is 0.423. The Morgan fingerprint density at radius 1 is 1.19 bits per heavy atom. The molecule has 0 aliphatic carbocycles. The summed E-state index contributed by atoms with van der Waals surface area (Å²) in [5.41, 5.74) is 3.02. The van der Waals surface area contributed by atoms with E-state index in [1.54, 1.807) is 11.3 Å². The third kappa shape index (κ3) is 5.16. The normalized spacial score (nSPS) is 18.3. The average Bonchev–Trinajstić information content (AvgIpc) is 3.40. The molecule has 1 fully saturated rings. The molecule has 0 radical (unpaired) electrons. The van der Waals surface area contributed by atoms with E-state index in [4.69, 9.17) is 0 Å². The number of thiophene rings is 1. The van der Waals surface area contributed by atoms with Gasteiger partial charge in [-0.1, -0.05) is 36.4 Å². The summed E-state index contributed by atoms with van der Waals surface area (Å²) < 4.78 is 1.33. The van der Waals surface area contributed by atoms with Crippen LogP contribution in [0.2, 0.25) is 0 Å². The zero-order valence-electron chi connectivity index (χ0n) is 18.3. The van der Waals surface area contributed by atoms with Crippen molar-refractivity contribution in [3.63, 3.8) is 0 Å². The molecule has 0 saturated carbocycles. The maximum absolute atomic E-state index is 11.0. The van der Waals surface area contributed by atoms with E-state index in [-0.39, 0.29) is 11.6 Å². The average molecular weight is 434 g/mol. The number of nitrogens with one attached hydrogen (secondary N) is 1. The SMILES string of the molecule is CC(C)(Cc1csc2ccccc12)NC[C@@H](O)[C@H]1CCCN1Cc1ccccc1C#N. The van der Waals surface area contributed by atoms with Gasteiger partial charge in [0.15, 0.2) is 0 Å². The van der Waals surface area contributed by atoms with Crippen molar-refractivity contribution in [3.8, 4) is 6.07 Å². The number of aliphatic hydroxyl groups excluding tert-OH is 1. The van der Waals surface area contributed by atoms with E-state index in [9.17, 15) is 10.4 Å². The molecule has 1 aliphatic rings. The Bertz CT molecular complexity index is 1070. The lowest BCUT2D eigenvalue weighted by Gasteiger charge is -2.33. The Balaban J connectivity index is 1.36. The Hall–Kier alpha value is -2.23. The van der Waals surface area contributed by atoms with Crippen LogP contribution < -0.4 is 5.32 Å². The fourth-order valence-corrected chi connectivity index (χ4v) is 5.66. The molecule has 4 rings (SSSR count). The molecule has 1 aromatic heterocycles. The molecule has 4 nitrogen and oxygen atoms in total.